The van der Waals surface area contributed by atoms with E-state index in [4.69, 9.17) is 9.84 Å². The van der Waals surface area contributed by atoms with Crippen molar-refractivity contribution < 1.29 is 27.8 Å². The molecule has 0 aliphatic carbocycles. The number of ether oxygens (including phenoxy) is 1. The average Bonchev–Trinajstić information content (AvgIpc) is 2.77. The van der Waals surface area contributed by atoms with Crippen molar-refractivity contribution in [3.63, 3.8) is 0 Å². The first-order chi connectivity index (χ1) is 8.86. The van der Waals surface area contributed by atoms with Crippen LogP contribution in [-0.4, -0.2) is 34.8 Å². The molecule has 5 nitrogen and oxygen atoms in total. The van der Waals surface area contributed by atoms with Crippen LogP contribution in [0.4, 0.5) is 13.2 Å². The van der Waals surface area contributed by atoms with E-state index in [1.54, 1.807) is 0 Å². The summed E-state index contributed by atoms with van der Waals surface area (Å²) in [7, 11) is 0. The summed E-state index contributed by atoms with van der Waals surface area (Å²) in [6, 6.07) is 0.907. The van der Waals surface area contributed by atoms with Gasteiger partial charge in [-0.2, -0.15) is 13.2 Å². The standard InChI is InChI=1S/C11H11F3N2O3/c12-11(13,14)6-1-2-15-9(3-6)19-7-4-8(10(17)18)16-5-7/h1-3,7-8,16H,4-5H2,(H,17,18). The van der Waals surface area contributed by atoms with Crippen molar-refractivity contribution in [1.82, 2.24) is 10.3 Å². The molecule has 19 heavy (non-hydrogen) atoms. The molecule has 1 saturated heterocycles. The average molecular weight is 276 g/mol. The maximum absolute atomic E-state index is 12.5. The monoisotopic (exact) mass is 276 g/mol. The van der Waals surface area contributed by atoms with Crippen LogP contribution in [0.15, 0.2) is 18.3 Å². The maximum Gasteiger partial charge on any atom is 0.416 e. The van der Waals surface area contributed by atoms with Gasteiger partial charge in [0.05, 0.1) is 5.56 Å². The lowest BCUT2D eigenvalue weighted by atomic mass is 10.2. The lowest BCUT2D eigenvalue weighted by molar-refractivity contribution is -0.139. The van der Waals surface area contributed by atoms with Gasteiger partial charge in [0.15, 0.2) is 0 Å². The molecule has 0 bridgehead atoms. The number of nitrogens with one attached hydrogen (secondary N) is 1. The van der Waals surface area contributed by atoms with E-state index in [-0.39, 0.29) is 18.8 Å². The third-order valence-corrected chi connectivity index (χ3v) is 2.74. The van der Waals surface area contributed by atoms with Crippen LogP contribution in [0.2, 0.25) is 0 Å². The van der Waals surface area contributed by atoms with E-state index in [9.17, 15) is 18.0 Å². The van der Waals surface area contributed by atoms with Crippen molar-refractivity contribution in [1.29, 1.82) is 0 Å². The van der Waals surface area contributed by atoms with E-state index in [1.165, 1.54) is 0 Å². The van der Waals surface area contributed by atoms with Crippen molar-refractivity contribution in [2.75, 3.05) is 6.54 Å². The highest BCUT2D eigenvalue weighted by Crippen LogP contribution is 2.30. The molecule has 2 unspecified atom stereocenters. The van der Waals surface area contributed by atoms with Crippen LogP contribution >= 0.6 is 0 Å². The van der Waals surface area contributed by atoms with Crippen molar-refractivity contribution in [2.45, 2.75) is 24.7 Å². The summed E-state index contributed by atoms with van der Waals surface area (Å²) < 4.78 is 42.7. The number of hydrogen-bond acceptors (Lipinski definition) is 4. The van der Waals surface area contributed by atoms with Crippen molar-refractivity contribution in [3.05, 3.63) is 23.9 Å². The summed E-state index contributed by atoms with van der Waals surface area (Å²) >= 11 is 0. The fourth-order valence-corrected chi connectivity index (χ4v) is 1.80. The summed E-state index contributed by atoms with van der Waals surface area (Å²) in [4.78, 5) is 14.4. The molecule has 2 N–H and O–H groups in total. The Hall–Kier alpha value is -1.83. The zero-order valence-corrected chi connectivity index (χ0v) is 9.65. The highest BCUT2D eigenvalue weighted by molar-refractivity contribution is 5.73. The number of hydrogen-bond donors (Lipinski definition) is 2. The molecule has 2 rings (SSSR count). The normalized spacial score (nSPS) is 23.3. The number of carboxylic acid groups (broad SMARTS) is 1. The van der Waals surface area contributed by atoms with E-state index in [1.807, 2.05) is 0 Å². The van der Waals surface area contributed by atoms with Crippen molar-refractivity contribution in [3.8, 4) is 5.88 Å². The molecule has 8 heteroatoms. The van der Waals surface area contributed by atoms with E-state index in [0.29, 0.717) is 0 Å². The fraction of sp³-hybridized carbons (Fsp3) is 0.455. The van der Waals surface area contributed by atoms with E-state index >= 15 is 0 Å². The number of aromatic nitrogens is 1. The van der Waals surface area contributed by atoms with Gasteiger partial charge in [0.2, 0.25) is 5.88 Å². The molecular weight excluding hydrogens is 265 g/mol. The first-order valence-electron chi connectivity index (χ1n) is 5.52. The number of aliphatic carboxylic acids is 1. The Labute approximate surface area is 106 Å². The number of carboxylic acids is 1. The predicted octanol–water partition coefficient (Wildman–Crippen LogP) is 1.29. The second-order valence-corrected chi connectivity index (χ2v) is 4.16. The molecule has 0 amide bonds. The summed E-state index contributed by atoms with van der Waals surface area (Å²) in [6.45, 7) is 0.259. The predicted molar refractivity (Wildman–Crippen MR) is 57.7 cm³/mol. The Morgan fingerprint density at radius 3 is 2.84 bits per heavy atom. The largest absolute Gasteiger partial charge is 0.480 e. The minimum atomic E-state index is -4.46. The smallest absolute Gasteiger partial charge is 0.416 e. The molecule has 104 valence electrons. The van der Waals surface area contributed by atoms with Gasteiger partial charge < -0.3 is 15.2 Å². The lowest BCUT2D eigenvalue weighted by Crippen LogP contribution is -2.30. The highest BCUT2D eigenvalue weighted by atomic mass is 19.4. The van der Waals surface area contributed by atoms with Gasteiger partial charge in [-0.25, -0.2) is 4.98 Å². The Bertz CT molecular complexity index is 478. The van der Waals surface area contributed by atoms with Gasteiger partial charge in [-0.3, -0.25) is 4.79 Å². The topological polar surface area (TPSA) is 71.5 Å². The third-order valence-electron chi connectivity index (χ3n) is 2.74. The Morgan fingerprint density at radius 1 is 1.53 bits per heavy atom. The number of nitrogens with zero attached hydrogens (tertiary/aromatic N) is 1. The highest BCUT2D eigenvalue weighted by Gasteiger charge is 2.33. The van der Waals surface area contributed by atoms with Gasteiger partial charge in [0.25, 0.3) is 0 Å². The van der Waals surface area contributed by atoms with E-state index < -0.39 is 29.9 Å². The zero-order chi connectivity index (χ0) is 14.0. The number of alkyl halides is 3. The van der Waals surface area contributed by atoms with Crippen LogP contribution in [0.25, 0.3) is 0 Å². The quantitative estimate of drug-likeness (QED) is 0.870. The first kappa shape index (κ1) is 13.6. The number of halogens is 3. The van der Waals surface area contributed by atoms with E-state index in [0.717, 1.165) is 18.3 Å². The minimum absolute atomic E-state index is 0.160. The molecule has 0 spiro atoms. The van der Waals surface area contributed by atoms with Gasteiger partial charge in [0, 0.05) is 25.2 Å². The molecule has 2 atom stereocenters. The first-order valence-corrected chi connectivity index (χ1v) is 5.52. The summed E-state index contributed by atoms with van der Waals surface area (Å²) in [6.07, 6.45) is -3.77. The number of pyridine rings is 1. The van der Waals surface area contributed by atoms with Crippen LogP contribution in [0.3, 0.4) is 0 Å². The molecule has 2 heterocycles. The van der Waals surface area contributed by atoms with Crippen LogP contribution < -0.4 is 10.1 Å². The molecule has 1 aliphatic rings. The molecule has 1 aromatic rings. The van der Waals surface area contributed by atoms with Gasteiger partial charge in [-0.1, -0.05) is 0 Å². The molecule has 1 aromatic heterocycles. The van der Waals surface area contributed by atoms with Crippen LogP contribution in [0, 0.1) is 0 Å². The van der Waals surface area contributed by atoms with Crippen LogP contribution in [0.5, 0.6) is 5.88 Å². The van der Waals surface area contributed by atoms with E-state index in [2.05, 4.69) is 10.3 Å². The summed E-state index contributed by atoms with van der Waals surface area (Å²) in [5.41, 5.74) is -0.849. The van der Waals surface area contributed by atoms with Gasteiger partial charge in [-0.15, -0.1) is 0 Å². The van der Waals surface area contributed by atoms with Crippen molar-refractivity contribution in [2.24, 2.45) is 0 Å². The second kappa shape index (κ2) is 5.04. The van der Waals surface area contributed by atoms with Gasteiger partial charge in [0.1, 0.15) is 12.1 Å². The molecule has 0 aromatic carbocycles. The SMILES string of the molecule is O=C(O)C1CC(Oc2cc(C(F)(F)F)ccn2)CN1. The maximum atomic E-state index is 12.5. The number of rotatable bonds is 3. The Kier molecular flexibility index (Phi) is 3.61. The minimum Gasteiger partial charge on any atom is -0.480 e. The van der Waals surface area contributed by atoms with Crippen molar-refractivity contribution >= 4 is 5.97 Å². The van der Waals surface area contributed by atoms with Gasteiger partial charge in [-0.05, 0) is 6.07 Å². The zero-order valence-electron chi connectivity index (χ0n) is 9.65. The lowest BCUT2D eigenvalue weighted by Gasteiger charge is -2.13. The Balaban J connectivity index is 2.03. The van der Waals surface area contributed by atoms with Gasteiger partial charge >= 0.3 is 12.1 Å². The molecule has 1 fully saturated rings. The molecular formula is C11H11F3N2O3. The molecule has 1 aliphatic heterocycles. The van der Waals surface area contributed by atoms with Crippen LogP contribution in [-0.2, 0) is 11.0 Å². The third kappa shape index (κ3) is 3.34. The second-order valence-electron chi connectivity index (χ2n) is 4.16. The number of carbonyl (C=O) groups is 1. The van der Waals surface area contributed by atoms with Crippen LogP contribution in [0.1, 0.15) is 12.0 Å². The summed E-state index contributed by atoms with van der Waals surface area (Å²) in [5.74, 6) is -1.17. The molecule has 0 radical (unpaired) electrons. The molecule has 0 saturated carbocycles. The summed E-state index contributed by atoms with van der Waals surface area (Å²) in [5, 5.41) is 11.5. The fourth-order valence-electron chi connectivity index (χ4n) is 1.80. The Morgan fingerprint density at radius 2 is 2.26 bits per heavy atom.